The molecule has 0 fully saturated rings. The molecule has 0 radical (unpaired) electrons. The van der Waals surface area contributed by atoms with Crippen molar-refractivity contribution in [1.29, 1.82) is 0 Å². The van der Waals surface area contributed by atoms with E-state index >= 15 is 0 Å². The molecule has 7 heteroatoms. The number of hydrogen-bond donors (Lipinski definition) is 2. The minimum atomic E-state index is -0.0784. The van der Waals surface area contributed by atoms with Crippen molar-refractivity contribution in [3.05, 3.63) is 65.4 Å². The highest BCUT2D eigenvalue weighted by Crippen LogP contribution is 2.28. The first-order chi connectivity index (χ1) is 12.3. The van der Waals surface area contributed by atoms with Crippen LogP contribution in [-0.4, -0.2) is 26.3 Å². The lowest BCUT2D eigenvalue weighted by molar-refractivity contribution is -0.120. The minimum absolute atomic E-state index is 0.0784. The van der Waals surface area contributed by atoms with E-state index < -0.39 is 0 Å². The Hall–Kier alpha value is -3.06. The van der Waals surface area contributed by atoms with Gasteiger partial charge < -0.3 is 5.32 Å². The van der Waals surface area contributed by atoms with Gasteiger partial charge in [0.2, 0.25) is 5.91 Å². The second-order valence-electron chi connectivity index (χ2n) is 5.57. The highest BCUT2D eigenvalue weighted by Gasteiger charge is 2.10. The molecular weight excluding hydrogens is 334 g/mol. The van der Waals surface area contributed by atoms with Gasteiger partial charge in [0.15, 0.2) is 0 Å². The molecule has 6 nitrogen and oxygen atoms in total. The van der Waals surface area contributed by atoms with Crippen molar-refractivity contribution in [3.63, 3.8) is 0 Å². The monoisotopic (exact) mass is 349 g/mol. The number of fused-ring (bicyclic) bond motifs is 1. The van der Waals surface area contributed by atoms with Gasteiger partial charge >= 0.3 is 0 Å². The van der Waals surface area contributed by atoms with Crippen molar-refractivity contribution >= 4 is 27.5 Å². The number of amides is 1. The van der Waals surface area contributed by atoms with E-state index in [1.165, 1.54) is 5.56 Å². The molecule has 124 valence electrons. The average Bonchev–Trinajstić information content (AvgIpc) is 3.29. The Morgan fingerprint density at radius 3 is 2.80 bits per heavy atom. The number of carbonyl (C=O) groups is 1. The third-order valence-electron chi connectivity index (χ3n) is 3.78. The maximum atomic E-state index is 12.1. The molecule has 0 aliphatic carbocycles. The second kappa shape index (κ2) is 6.82. The Morgan fingerprint density at radius 2 is 2.00 bits per heavy atom. The number of H-pyrrole nitrogens is 1. The normalized spacial score (nSPS) is 10.9. The summed E-state index contributed by atoms with van der Waals surface area (Å²) >= 11 is 1.55. The van der Waals surface area contributed by atoms with Crippen LogP contribution in [-0.2, 0) is 17.8 Å². The molecule has 0 bridgehead atoms. The molecule has 25 heavy (non-hydrogen) atoms. The summed E-state index contributed by atoms with van der Waals surface area (Å²) in [6.45, 7) is 0.360. The van der Waals surface area contributed by atoms with E-state index in [2.05, 4.69) is 50.0 Å². The molecular formula is C18H15N5OS. The number of nitrogens with one attached hydrogen (secondary N) is 2. The van der Waals surface area contributed by atoms with Crippen molar-refractivity contribution in [2.75, 3.05) is 0 Å². The van der Waals surface area contributed by atoms with Crippen LogP contribution in [0.25, 0.3) is 21.3 Å². The van der Waals surface area contributed by atoms with Gasteiger partial charge in [-0.3, -0.25) is 4.79 Å². The topological polar surface area (TPSA) is 83.6 Å². The fourth-order valence-corrected chi connectivity index (χ4v) is 3.56. The van der Waals surface area contributed by atoms with Crippen LogP contribution in [0.15, 0.2) is 54.7 Å². The van der Waals surface area contributed by atoms with Crippen molar-refractivity contribution in [2.24, 2.45) is 0 Å². The molecule has 2 aromatic heterocycles. The van der Waals surface area contributed by atoms with Gasteiger partial charge in [-0.05, 0) is 23.3 Å². The Balaban J connectivity index is 1.48. The highest BCUT2D eigenvalue weighted by atomic mass is 32.1. The molecule has 2 heterocycles. The third-order valence-corrected chi connectivity index (χ3v) is 4.80. The lowest BCUT2D eigenvalue weighted by Gasteiger charge is -2.00. The summed E-state index contributed by atoms with van der Waals surface area (Å²) in [6.07, 6.45) is 1.85. The molecule has 0 unspecified atom stereocenters. The van der Waals surface area contributed by atoms with Crippen LogP contribution in [0.3, 0.4) is 0 Å². The number of rotatable bonds is 5. The summed E-state index contributed by atoms with van der Waals surface area (Å²) in [7, 11) is 0. The molecule has 0 spiro atoms. The van der Waals surface area contributed by atoms with E-state index in [1.54, 1.807) is 17.5 Å². The van der Waals surface area contributed by atoms with E-state index in [-0.39, 0.29) is 12.3 Å². The number of carbonyl (C=O) groups excluding carboxylic acids is 1. The van der Waals surface area contributed by atoms with Gasteiger partial charge in [0.25, 0.3) is 0 Å². The van der Waals surface area contributed by atoms with Crippen LogP contribution in [0.1, 0.15) is 10.7 Å². The highest BCUT2D eigenvalue weighted by molar-refractivity contribution is 7.18. The molecule has 0 aliphatic rings. The fourth-order valence-electron chi connectivity index (χ4n) is 2.56. The number of hydrogen-bond acceptors (Lipinski definition) is 5. The smallest absolute Gasteiger partial charge is 0.227 e. The van der Waals surface area contributed by atoms with Crippen LogP contribution in [0.4, 0.5) is 0 Å². The number of aromatic nitrogens is 4. The molecule has 2 N–H and O–H groups in total. The SMILES string of the molecule is O=C(Cc1nc2ccc(-c3ccccc3)cc2s1)NCc1cn[nH]n1. The van der Waals surface area contributed by atoms with Crippen LogP contribution < -0.4 is 5.32 Å². The average molecular weight is 349 g/mol. The molecule has 2 aromatic carbocycles. The third kappa shape index (κ3) is 3.56. The van der Waals surface area contributed by atoms with Gasteiger partial charge in [0.1, 0.15) is 10.7 Å². The van der Waals surface area contributed by atoms with Crippen LogP contribution in [0.5, 0.6) is 0 Å². The molecule has 4 rings (SSSR count). The van der Waals surface area contributed by atoms with Crippen LogP contribution in [0.2, 0.25) is 0 Å². The second-order valence-corrected chi connectivity index (χ2v) is 6.69. The molecule has 0 saturated carbocycles. The summed E-state index contributed by atoms with van der Waals surface area (Å²) in [4.78, 5) is 16.6. The Labute approximate surface area is 147 Å². The van der Waals surface area contributed by atoms with E-state index in [1.807, 2.05) is 24.3 Å². The molecule has 0 aliphatic heterocycles. The summed E-state index contributed by atoms with van der Waals surface area (Å²) < 4.78 is 1.08. The van der Waals surface area contributed by atoms with Crippen molar-refractivity contribution in [2.45, 2.75) is 13.0 Å². The Bertz CT molecular complexity index is 995. The summed E-state index contributed by atoms with van der Waals surface area (Å²) in [5, 5.41) is 13.8. The molecule has 0 atom stereocenters. The lowest BCUT2D eigenvalue weighted by Crippen LogP contribution is -2.24. The largest absolute Gasteiger partial charge is 0.350 e. The van der Waals surface area contributed by atoms with Gasteiger partial charge in [-0.25, -0.2) is 4.98 Å². The van der Waals surface area contributed by atoms with Crippen LogP contribution in [0, 0.1) is 0 Å². The fraction of sp³-hybridized carbons (Fsp3) is 0.111. The summed E-state index contributed by atoms with van der Waals surface area (Å²) in [5.74, 6) is -0.0784. The zero-order chi connectivity index (χ0) is 17.1. The van der Waals surface area contributed by atoms with Gasteiger partial charge in [0.05, 0.1) is 29.4 Å². The molecule has 4 aromatic rings. The van der Waals surface area contributed by atoms with E-state index in [4.69, 9.17) is 0 Å². The molecule has 0 saturated heterocycles. The zero-order valence-corrected chi connectivity index (χ0v) is 14.1. The zero-order valence-electron chi connectivity index (χ0n) is 13.3. The molecule has 1 amide bonds. The predicted octanol–water partition coefficient (Wildman–Crippen LogP) is 2.94. The number of aromatic amines is 1. The van der Waals surface area contributed by atoms with Crippen molar-refractivity contribution in [3.8, 4) is 11.1 Å². The Morgan fingerprint density at radius 1 is 1.12 bits per heavy atom. The standard InChI is InChI=1S/C18H15N5OS/c24-17(19-10-14-11-20-23-22-14)9-18-21-15-7-6-13(8-16(15)25-18)12-4-2-1-3-5-12/h1-8,11H,9-10H2,(H,19,24)(H,20,22,23). The quantitative estimate of drug-likeness (QED) is 0.580. The van der Waals surface area contributed by atoms with Crippen LogP contribution >= 0.6 is 11.3 Å². The van der Waals surface area contributed by atoms with Crippen molar-refractivity contribution < 1.29 is 4.79 Å². The number of nitrogens with zero attached hydrogens (tertiary/aromatic N) is 3. The summed E-state index contributed by atoms with van der Waals surface area (Å²) in [5.41, 5.74) is 3.94. The maximum absolute atomic E-state index is 12.1. The minimum Gasteiger partial charge on any atom is -0.350 e. The first kappa shape index (κ1) is 15.5. The number of thiazole rings is 1. The van der Waals surface area contributed by atoms with Gasteiger partial charge in [0, 0.05) is 0 Å². The summed E-state index contributed by atoms with van der Waals surface area (Å²) in [6, 6.07) is 16.4. The maximum Gasteiger partial charge on any atom is 0.227 e. The van der Waals surface area contributed by atoms with Gasteiger partial charge in [-0.2, -0.15) is 15.4 Å². The first-order valence-corrected chi connectivity index (χ1v) is 8.66. The predicted molar refractivity (Wildman–Crippen MR) is 97.0 cm³/mol. The van der Waals surface area contributed by atoms with Crippen molar-refractivity contribution in [1.82, 2.24) is 25.7 Å². The first-order valence-electron chi connectivity index (χ1n) is 7.84. The Kier molecular flexibility index (Phi) is 4.22. The van der Waals surface area contributed by atoms with Gasteiger partial charge in [-0.1, -0.05) is 36.4 Å². The van der Waals surface area contributed by atoms with Gasteiger partial charge in [-0.15, -0.1) is 11.3 Å². The van der Waals surface area contributed by atoms with E-state index in [0.29, 0.717) is 12.2 Å². The number of benzene rings is 2. The van der Waals surface area contributed by atoms with E-state index in [0.717, 1.165) is 20.8 Å². The van der Waals surface area contributed by atoms with E-state index in [9.17, 15) is 4.79 Å². The lowest BCUT2D eigenvalue weighted by atomic mass is 10.1.